The van der Waals surface area contributed by atoms with Crippen molar-refractivity contribution in [1.29, 1.82) is 0 Å². The van der Waals surface area contributed by atoms with Gasteiger partial charge >= 0.3 is 0 Å². The summed E-state index contributed by atoms with van der Waals surface area (Å²) in [6.07, 6.45) is 1.51. The molecule has 1 N–H and O–H groups in total. The molecule has 1 aromatic heterocycles. The van der Waals surface area contributed by atoms with E-state index in [2.05, 4.69) is 5.32 Å². The average Bonchev–Trinajstić information content (AvgIpc) is 3.20. The highest BCUT2D eigenvalue weighted by Gasteiger charge is 2.45. The van der Waals surface area contributed by atoms with Gasteiger partial charge in [-0.1, -0.05) is 0 Å². The summed E-state index contributed by atoms with van der Waals surface area (Å²) < 4.78 is 60.2. The number of nitrogens with one attached hydrogen (secondary N) is 1. The minimum absolute atomic E-state index is 0.0835. The Labute approximate surface area is 146 Å². The molecule has 0 unspecified atom stereocenters. The topological polar surface area (TPSA) is 103 Å². The van der Waals surface area contributed by atoms with Crippen molar-refractivity contribution in [1.82, 2.24) is 5.32 Å². The smallest absolute Gasteiger partial charge is 0.183 e. The molecule has 3 rings (SSSR count). The molecule has 1 fully saturated rings. The van der Waals surface area contributed by atoms with Gasteiger partial charge < -0.3 is 14.5 Å². The van der Waals surface area contributed by atoms with Gasteiger partial charge in [0.2, 0.25) is 0 Å². The summed E-state index contributed by atoms with van der Waals surface area (Å²) in [5.74, 6) is 0.542. The monoisotopic (exact) mass is 385 g/mol. The van der Waals surface area contributed by atoms with Crippen LogP contribution in [0.2, 0.25) is 0 Å². The normalized spacial score (nSPS) is 22.8. The van der Waals surface area contributed by atoms with Gasteiger partial charge in [0.05, 0.1) is 41.6 Å². The lowest BCUT2D eigenvalue weighted by Gasteiger charge is -2.19. The molecule has 0 spiro atoms. The molecule has 25 heavy (non-hydrogen) atoms. The largest absolute Gasteiger partial charge is 0.497 e. The maximum Gasteiger partial charge on any atom is 0.183 e. The van der Waals surface area contributed by atoms with Crippen LogP contribution in [-0.2, 0) is 26.2 Å². The summed E-state index contributed by atoms with van der Waals surface area (Å²) in [7, 11) is -5.75. The van der Waals surface area contributed by atoms with E-state index >= 15 is 0 Å². The molecule has 2 heterocycles. The van der Waals surface area contributed by atoms with Crippen molar-refractivity contribution >= 4 is 19.7 Å². The molecule has 1 aliphatic rings. The van der Waals surface area contributed by atoms with E-state index in [0.29, 0.717) is 11.5 Å². The van der Waals surface area contributed by atoms with Crippen LogP contribution in [0.25, 0.3) is 0 Å². The second kappa shape index (κ2) is 6.81. The Hall–Kier alpha value is -1.84. The van der Waals surface area contributed by atoms with Crippen LogP contribution in [0.1, 0.15) is 5.76 Å². The summed E-state index contributed by atoms with van der Waals surface area (Å²) >= 11 is 0. The first-order chi connectivity index (χ1) is 11.8. The van der Waals surface area contributed by atoms with Crippen LogP contribution in [0.5, 0.6) is 5.75 Å². The Morgan fingerprint density at radius 2 is 1.92 bits per heavy atom. The summed E-state index contributed by atoms with van der Waals surface area (Å²) in [6, 6.07) is 8.72. The predicted octanol–water partition coefficient (Wildman–Crippen LogP) is 1.02. The molecule has 2 atom stereocenters. The molecule has 0 bridgehead atoms. The molecular formula is C16H19NO6S2. The molecule has 0 aliphatic carbocycles. The van der Waals surface area contributed by atoms with Gasteiger partial charge in [-0.2, -0.15) is 0 Å². The molecule has 7 nitrogen and oxygen atoms in total. The van der Waals surface area contributed by atoms with Crippen molar-refractivity contribution < 1.29 is 26.0 Å². The van der Waals surface area contributed by atoms with Gasteiger partial charge in [0.15, 0.2) is 19.7 Å². The number of hydrogen-bond acceptors (Lipinski definition) is 7. The van der Waals surface area contributed by atoms with Crippen molar-refractivity contribution in [2.24, 2.45) is 0 Å². The second-order valence-electron chi connectivity index (χ2n) is 5.90. The van der Waals surface area contributed by atoms with Gasteiger partial charge in [0.25, 0.3) is 0 Å². The highest BCUT2D eigenvalue weighted by molar-refractivity contribution is 7.96. The molecule has 136 valence electrons. The fourth-order valence-electron chi connectivity index (χ4n) is 2.90. The molecule has 9 heteroatoms. The zero-order valence-electron chi connectivity index (χ0n) is 13.6. The Morgan fingerprint density at radius 1 is 1.20 bits per heavy atom. The Bertz CT molecular complexity index is 918. The molecule has 0 radical (unpaired) electrons. The molecule has 1 saturated heterocycles. The van der Waals surface area contributed by atoms with Crippen LogP contribution in [0.3, 0.4) is 0 Å². The first-order valence-corrected chi connectivity index (χ1v) is 11.0. The van der Waals surface area contributed by atoms with Crippen LogP contribution in [0, 0.1) is 0 Å². The Kier molecular flexibility index (Phi) is 4.90. The summed E-state index contributed by atoms with van der Waals surface area (Å²) in [5.41, 5.74) is 0. The number of furan rings is 1. The van der Waals surface area contributed by atoms with Gasteiger partial charge in [0, 0.05) is 6.04 Å². The van der Waals surface area contributed by atoms with E-state index < -0.39 is 36.7 Å². The lowest BCUT2D eigenvalue weighted by atomic mass is 10.2. The minimum atomic E-state index is -3.80. The lowest BCUT2D eigenvalue weighted by Crippen LogP contribution is -2.42. The van der Waals surface area contributed by atoms with Gasteiger partial charge in [-0.05, 0) is 36.4 Å². The number of methoxy groups -OCH3 is 1. The van der Waals surface area contributed by atoms with Gasteiger partial charge in [-0.3, -0.25) is 0 Å². The molecular weight excluding hydrogens is 366 g/mol. The zero-order chi connectivity index (χ0) is 18.1. The van der Waals surface area contributed by atoms with Gasteiger partial charge in [0.1, 0.15) is 11.5 Å². The number of ether oxygens (including phenoxy) is 1. The third-order valence-corrected chi connectivity index (χ3v) is 8.37. The van der Waals surface area contributed by atoms with Crippen LogP contribution in [0.15, 0.2) is 52.0 Å². The van der Waals surface area contributed by atoms with E-state index in [4.69, 9.17) is 9.15 Å². The van der Waals surface area contributed by atoms with Crippen LogP contribution in [-0.4, -0.2) is 46.7 Å². The number of benzene rings is 1. The van der Waals surface area contributed by atoms with Crippen molar-refractivity contribution in [3.63, 3.8) is 0 Å². The fourth-order valence-corrected chi connectivity index (χ4v) is 7.61. The van der Waals surface area contributed by atoms with E-state index in [1.807, 2.05) is 0 Å². The molecule has 2 aromatic rings. The van der Waals surface area contributed by atoms with E-state index in [9.17, 15) is 16.8 Å². The molecule has 0 saturated carbocycles. The minimum Gasteiger partial charge on any atom is -0.497 e. The third kappa shape index (κ3) is 3.88. The average molecular weight is 385 g/mol. The third-order valence-electron chi connectivity index (χ3n) is 4.21. The van der Waals surface area contributed by atoms with Crippen molar-refractivity contribution in [2.45, 2.75) is 22.7 Å². The SMILES string of the molecule is COc1ccc(S(=O)(=O)[C@H]2CS(=O)(=O)C[C@@H]2NCc2ccco2)cc1. The zero-order valence-corrected chi connectivity index (χ0v) is 15.2. The van der Waals surface area contributed by atoms with Crippen LogP contribution < -0.4 is 10.1 Å². The van der Waals surface area contributed by atoms with Crippen molar-refractivity contribution in [2.75, 3.05) is 18.6 Å². The second-order valence-corrected chi connectivity index (χ2v) is 10.2. The Balaban J connectivity index is 1.85. The van der Waals surface area contributed by atoms with Crippen molar-refractivity contribution in [3.8, 4) is 5.75 Å². The maximum absolute atomic E-state index is 12.9. The van der Waals surface area contributed by atoms with E-state index in [-0.39, 0.29) is 17.2 Å². The quantitative estimate of drug-likeness (QED) is 0.792. The number of hydrogen-bond donors (Lipinski definition) is 1. The van der Waals surface area contributed by atoms with Crippen LogP contribution in [0.4, 0.5) is 0 Å². The lowest BCUT2D eigenvalue weighted by molar-refractivity contribution is 0.414. The summed E-state index contributed by atoms with van der Waals surface area (Å²) in [5, 5.41) is 1.97. The molecule has 1 aromatic carbocycles. The first-order valence-electron chi connectivity index (χ1n) is 7.66. The van der Waals surface area contributed by atoms with Gasteiger partial charge in [-0.25, -0.2) is 16.8 Å². The highest BCUT2D eigenvalue weighted by Crippen LogP contribution is 2.27. The maximum atomic E-state index is 12.9. The predicted molar refractivity (Wildman–Crippen MR) is 92.0 cm³/mol. The van der Waals surface area contributed by atoms with Gasteiger partial charge in [-0.15, -0.1) is 0 Å². The summed E-state index contributed by atoms with van der Waals surface area (Å²) in [4.78, 5) is 0.0835. The first kappa shape index (κ1) is 18.0. The van der Waals surface area contributed by atoms with E-state index in [0.717, 1.165) is 0 Å². The fraction of sp³-hybridized carbons (Fsp3) is 0.375. The van der Waals surface area contributed by atoms with Crippen LogP contribution >= 0.6 is 0 Å². The number of sulfone groups is 2. The summed E-state index contributed by atoms with van der Waals surface area (Å²) in [6.45, 7) is 0.266. The van der Waals surface area contributed by atoms with E-state index in [1.54, 1.807) is 24.3 Å². The van der Waals surface area contributed by atoms with Crippen molar-refractivity contribution in [3.05, 3.63) is 48.4 Å². The highest BCUT2D eigenvalue weighted by atomic mass is 32.2. The molecule has 0 amide bonds. The molecule has 1 aliphatic heterocycles. The number of rotatable bonds is 6. The Morgan fingerprint density at radius 3 is 2.52 bits per heavy atom. The van der Waals surface area contributed by atoms with E-state index in [1.165, 1.54) is 25.5 Å². The standard InChI is InChI=1S/C16H19NO6S2/c1-22-12-4-6-14(7-5-12)25(20,21)16-11-24(18,19)10-15(16)17-9-13-3-2-8-23-13/h2-8,15-17H,9-11H2,1H3/t15-,16-/m0/s1.